The summed E-state index contributed by atoms with van der Waals surface area (Å²) in [5, 5.41) is 2.75. The Morgan fingerprint density at radius 2 is 1.81 bits per heavy atom. The highest BCUT2D eigenvalue weighted by molar-refractivity contribution is 9.13. The molecule has 0 saturated carbocycles. The van der Waals surface area contributed by atoms with Crippen molar-refractivity contribution in [3.63, 3.8) is 0 Å². The second-order valence-corrected chi connectivity index (χ2v) is 8.66. The second kappa shape index (κ2) is 5.20. The van der Waals surface area contributed by atoms with Crippen LogP contribution in [0, 0.1) is 0 Å². The van der Waals surface area contributed by atoms with E-state index in [0.29, 0.717) is 0 Å². The third-order valence-corrected chi connectivity index (χ3v) is 7.56. The van der Waals surface area contributed by atoms with E-state index in [2.05, 4.69) is 68.3 Å². The van der Waals surface area contributed by atoms with Gasteiger partial charge in [-0.3, -0.25) is 0 Å². The summed E-state index contributed by atoms with van der Waals surface area (Å²) < 4.78 is 2.17. The lowest BCUT2D eigenvalue weighted by molar-refractivity contribution is 0.902. The van der Waals surface area contributed by atoms with Gasteiger partial charge in [-0.1, -0.05) is 30.3 Å². The first kappa shape index (κ1) is 13.9. The van der Waals surface area contributed by atoms with Gasteiger partial charge in [0.1, 0.15) is 0 Å². The van der Waals surface area contributed by atoms with Crippen LogP contribution in [0.2, 0.25) is 0 Å². The summed E-state index contributed by atoms with van der Waals surface area (Å²) in [7, 11) is 0. The molecule has 21 heavy (non-hydrogen) atoms. The molecule has 1 aliphatic carbocycles. The minimum absolute atomic E-state index is 0.0810. The van der Waals surface area contributed by atoms with E-state index in [4.69, 9.17) is 5.73 Å². The molecule has 0 fully saturated rings. The zero-order chi connectivity index (χ0) is 14.6. The third kappa shape index (κ3) is 2.20. The normalized spacial score (nSPS) is 14.8. The minimum atomic E-state index is -0.0810. The van der Waals surface area contributed by atoms with E-state index in [0.717, 1.165) is 21.1 Å². The average molecular weight is 423 g/mol. The van der Waals surface area contributed by atoms with Gasteiger partial charge in [0.25, 0.3) is 0 Å². The zero-order valence-electron chi connectivity index (χ0n) is 11.2. The van der Waals surface area contributed by atoms with Crippen LogP contribution in [0.3, 0.4) is 0 Å². The number of nitrogens with two attached hydrogens (primary N) is 1. The van der Waals surface area contributed by atoms with Crippen molar-refractivity contribution < 1.29 is 0 Å². The molecule has 1 aliphatic rings. The number of rotatable bonds is 2. The van der Waals surface area contributed by atoms with Crippen molar-refractivity contribution in [1.29, 1.82) is 0 Å². The van der Waals surface area contributed by atoms with Crippen molar-refractivity contribution >= 4 is 54.0 Å². The first-order chi connectivity index (χ1) is 10.1. The zero-order valence-corrected chi connectivity index (χ0v) is 15.2. The predicted octanol–water partition coefficient (Wildman–Crippen LogP) is 5.57. The average Bonchev–Trinajstić information content (AvgIpc) is 3.05. The minimum Gasteiger partial charge on any atom is -0.320 e. The maximum Gasteiger partial charge on any atom is 0.0843 e. The molecule has 1 nitrogen and oxygen atoms in total. The fraction of sp³-hybridized carbons (Fsp3) is 0.176. The predicted molar refractivity (Wildman–Crippen MR) is 97.1 cm³/mol. The van der Waals surface area contributed by atoms with Crippen LogP contribution in [0.1, 0.15) is 27.6 Å². The number of aryl methyl sites for hydroxylation is 2. The molecule has 106 valence electrons. The quantitative estimate of drug-likeness (QED) is 0.573. The van der Waals surface area contributed by atoms with Crippen molar-refractivity contribution in [2.24, 2.45) is 5.73 Å². The van der Waals surface area contributed by atoms with Gasteiger partial charge < -0.3 is 5.73 Å². The smallest absolute Gasteiger partial charge is 0.0843 e. The Kier molecular flexibility index (Phi) is 3.45. The van der Waals surface area contributed by atoms with Gasteiger partial charge in [0.2, 0.25) is 0 Å². The molecule has 2 aromatic carbocycles. The molecule has 1 unspecified atom stereocenters. The van der Waals surface area contributed by atoms with Crippen LogP contribution in [0.4, 0.5) is 0 Å². The summed E-state index contributed by atoms with van der Waals surface area (Å²) in [6, 6.07) is 13.1. The van der Waals surface area contributed by atoms with Gasteiger partial charge in [-0.05, 0) is 78.2 Å². The summed E-state index contributed by atoms with van der Waals surface area (Å²) in [6.07, 6.45) is 2.31. The summed E-state index contributed by atoms with van der Waals surface area (Å²) in [6.45, 7) is 0. The summed E-state index contributed by atoms with van der Waals surface area (Å²) in [4.78, 5) is 1.17. The Morgan fingerprint density at radius 1 is 1.05 bits per heavy atom. The first-order valence-electron chi connectivity index (χ1n) is 6.89. The fourth-order valence-electron chi connectivity index (χ4n) is 3.21. The van der Waals surface area contributed by atoms with Crippen molar-refractivity contribution in [1.82, 2.24) is 0 Å². The van der Waals surface area contributed by atoms with E-state index in [1.165, 1.54) is 32.3 Å². The Morgan fingerprint density at radius 3 is 2.52 bits per heavy atom. The fourth-order valence-corrected chi connectivity index (χ4v) is 5.32. The number of hydrogen-bond acceptors (Lipinski definition) is 2. The number of hydrogen-bond donors (Lipinski definition) is 1. The summed E-state index contributed by atoms with van der Waals surface area (Å²) >= 11 is 8.80. The van der Waals surface area contributed by atoms with Gasteiger partial charge in [-0.15, -0.1) is 11.3 Å². The highest BCUT2D eigenvalue weighted by Crippen LogP contribution is 2.40. The third-order valence-electron chi connectivity index (χ3n) is 4.22. The molecule has 1 heterocycles. The summed E-state index contributed by atoms with van der Waals surface area (Å²) in [5.74, 6) is 0. The molecule has 0 radical (unpaired) electrons. The van der Waals surface area contributed by atoms with Crippen molar-refractivity contribution in [2.75, 3.05) is 0 Å². The van der Waals surface area contributed by atoms with Gasteiger partial charge in [0, 0.05) is 9.35 Å². The molecular formula is C17H13Br2NS. The molecule has 0 aliphatic heterocycles. The molecule has 4 heteroatoms. The van der Waals surface area contributed by atoms with Crippen LogP contribution in [0.15, 0.2) is 44.7 Å². The maximum atomic E-state index is 6.55. The van der Waals surface area contributed by atoms with Crippen molar-refractivity contribution in [3.8, 4) is 0 Å². The van der Waals surface area contributed by atoms with Gasteiger partial charge in [0.15, 0.2) is 0 Å². The molecule has 0 bridgehead atoms. The SMILES string of the molecule is NC(c1cc(Br)c(Br)s1)c1ccc2c3c(cccc13)CC2. The van der Waals surface area contributed by atoms with E-state index in [1.54, 1.807) is 11.3 Å². The Balaban J connectivity index is 1.91. The van der Waals surface area contributed by atoms with E-state index >= 15 is 0 Å². The Hall–Kier alpha value is -0.680. The van der Waals surface area contributed by atoms with Crippen molar-refractivity contribution in [2.45, 2.75) is 18.9 Å². The lowest BCUT2D eigenvalue weighted by atomic mass is 9.95. The lowest BCUT2D eigenvalue weighted by Crippen LogP contribution is -2.10. The largest absolute Gasteiger partial charge is 0.320 e. The molecule has 2 N–H and O–H groups in total. The monoisotopic (exact) mass is 421 g/mol. The van der Waals surface area contributed by atoms with Crippen LogP contribution in [0.5, 0.6) is 0 Å². The molecular weight excluding hydrogens is 410 g/mol. The van der Waals surface area contributed by atoms with Gasteiger partial charge >= 0.3 is 0 Å². The topological polar surface area (TPSA) is 26.0 Å². The van der Waals surface area contributed by atoms with Gasteiger partial charge in [-0.25, -0.2) is 0 Å². The standard InChI is InChI=1S/C17H13Br2NS/c18-13-8-14(21-17(13)19)16(20)12-7-6-10-5-4-9-2-1-3-11(12)15(9)10/h1-3,6-8,16H,4-5,20H2. The maximum absolute atomic E-state index is 6.55. The molecule has 1 atom stereocenters. The Labute approximate surface area is 144 Å². The van der Waals surface area contributed by atoms with E-state index in [1.807, 2.05) is 0 Å². The van der Waals surface area contributed by atoms with Crippen LogP contribution in [-0.4, -0.2) is 0 Å². The van der Waals surface area contributed by atoms with Crippen LogP contribution < -0.4 is 5.73 Å². The molecule has 0 saturated heterocycles. The van der Waals surface area contributed by atoms with E-state index in [9.17, 15) is 0 Å². The molecule has 1 aromatic heterocycles. The molecule has 0 amide bonds. The highest BCUT2D eigenvalue weighted by Gasteiger charge is 2.20. The second-order valence-electron chi connectivity index (χ2n) is 5.40. The Bertz CT molecular complexity index is 824. The van der Waals surface area contributed by atoms with Gasteiger partial charge in [0.05, 0.1) is 9.83 Å². The van der Waals surface area contributed by atoms with Crippen molar-refractivity contribution in [3.05, 3.63) is 66.2 Å². The van der Waals surface area contributed by atoms with Crippen LogP contribution in [-0.2, 0) is 12.8 Å². The molecule has 4 rings (SSSR count). The highest BCUT2D eigenvalue weighted by atomic mass is 79.9. The van der Waals surface area contributed by atoms with Crippen LogP contribution in [0.25, 0.3) is 10.8 Å². The number of halogens is 2. The number of thiophene rings is 1. The summed E-state index contributed by atoms with van der Waals surface area (Å²) in [5.41, 5.74) is 10.7. The lowest BCUT2D eigenvalue weighted by Gasteiger charge is -2.14. The van der Waals surface area contributed by atoms with E-state index < -0.39 is 0 Å². The van der Waals surface area contributed by atoms with Crippen LogP contribution >= 0.6 is 43.2 Å². The van der Waals surface area contributed by atoms with E-state index in [-0.39, 0.29) is 6.04 Å². The molecule has 0 spiro atoms. The first-order valence-corrected chi connectivity index (χ1v) is 9.29. The van der Waals surface area contributed by atoms with Gasteiger partial charge in [-0.2, -0.15) is 0 Å². The number of benzene rings is 2. The molecule has 3 aromatic rings.